The summed E-state index contributed by atoms with van der Waals surface area (Å²) in [5.74, 6) is 0. The van der Waals surface area contributed by atoms with Gasteiger partial charge < -0.3 is 18.1 Å². The number of furan rings is 1. The Bertz CT molecular complexity index is 3350. The summed E-state index contributed by atoms with van der Waals surface area (Å²) in [6.07, 6.45) is 0. The van der Waals surface area contributed by atoms with Crippen LogP contribution in [0.15, 0.2) is 180 Å². The largest absolute Gasteiger partial charge is 0.456 e. The lowest BCUT2D eigenvalue weighted by Crippen LogP contribution is -2.10. The van der Waals surface area contributed by atoms with Crippen LogP contribution in [0.2, 0.25) is 0 Å². The second-order valence-corrected chi connectivity index (χ2v) is 13.8. The number of aromatic nitrogens is 2. The highest BCUT2D eigenvalue weighted by molar-refractivity contribution is 6.25. The molecule has 0 N–H and O–H groups in total. The smallest absolute Gasteiger partial charge is 0.137 e. The van der Waals surface area contributed by atoms with Crippen molar-refractivity contribution in [3.8, 4) is 11.1 Å². The van der Waals surface area contributed by atoms with Crippen molar-refractivity contribution in [2.75, 3.05) is 4.90 Å². The number of benzene rings is 8. The van der Waals surface area contributed by atoms with Crippen molar-refractivity contribution in [1.82, 2.24) is 8.80 Å². The van der Waals surface area contributed by atoms with Gasteiger partial charge in [0.05, 0.1) is 33.1 Å². The molecule has 0 saturated heterocycles. The van der Waals surface area contributed by atoms with Gasteiger partial charge in [-0.15, -0.1) is 0 Å². The first-order chi connectivity index (χ1) is 25.8. The number of rotatable bonds is 4. The number of hydrogen-bond donors (Lipinski definition) is 0. The number of para-hydroxylation sites is 3. The van der Waals surface area contributed by atoms with E-state index in [2.05, 4.69) is 177 Å². The monoisotopic (exact) mass is 663 g/mol. The van der Waals surface area contributed by atoms with E-state index in [1.807, 2.05) is 12.1 Å². The van der Waals surface area contributed by atoms with E-state index < -0.39 is 0 Å². The summed E-state index contributed by atoms with van der Waals surface area (Å²) >= 11 is 0. The van der Waals surface area contributed by atoms with Crippen molar-refractivity contribution < 1.29 is 4.42 Å². The molecule has 4 aromatic heterocycles. The highest BCUT2D eigenvalue weighted by Crippen LogP contribution is 2.44. The summed E-state index contributed by atoms with van der Waals surface area (Å²) in [5.41, 5.74) is 14.6. The van der Waals surface area contributed by atoms with Crippen molar-refractivity contribution in [2.24, 2.45) is 0 Å². The van der Waals surface area contributed by atoms with E-state index in [-0.39, 0.29) is 0 Å². The van der Waals surface area contributed by atoms with Gasteiger partial charge in [0, 0.05) is 55.4 Å². The molecular formula is C48H29N3O. The normalized spacial score (nSPS) is 12.2. The van der Waals surface area contributed by atoms with Crippen molar-refractivity contribution in [1.29, 1.82) is 0 Å². The third kappa shape index (κ3) is 3.70. The summed E-state index contributed by atoms with van der Waals surface area (Å²) in [5, 5.41) is 7.33. The Morgan fingerprint density at radius 2 is 0.846 bits per heavy atom. The van der Waals surface area contributed by atoms with Gasteiger partial charge in [0.1, 0.15) is 11.2 Å². The average Bonchev–Trinajstić information content (AvgIpc) is 3.86. The zero-order valence-electron chi connectivity index (χ0n) is 28.0. The lowest BCUT2D eigenvalue weighted by atomic mass is 10.0. The van der Waals surface area contributed by atoms with Crippen LogP contribution in [0.3, 0.4) is 0 Å². The summed E-state index contributed by atoms with van der Waals surface area (Å²) < 4.78 is 11.4. The highest BCUT2D eigenvalue weighted by Gasteiger charge is 2.23. The van der Waals surface area contributed by atoms with E-state index in [4.69, 9.17) is 4.42 Å². The molecule has 12 rings (SSSR count). The number of anilines is 3. The maximum Gasteiger partial charge on any atom is 0.137 e. The van der Waals surface area contributed by atoms with Gasteiger partial charge in [0.25, 0.3) is 0 Å². The van der Waals surface area contributed by atoms with Gasteiger partial charge in [-0.1, -0.05) is 109 Å². The van der Waals surface area contributed by atoms with Gasteiger partial charge in [-0.25, -0.2) is 0 Å². The van der Waals surface area contributed by atoms with Crippen LogP contribution >= 0.6 is 0 Å². The molecule has 12 aromatic rings. The van der Waals surface area contributed by atoms with Crippen LogP contribution in [0.25, 0.3) is 87.7 Å². The predicted octanol–water partition coefficient (Wildman–Crippen LogP) is 13.3. The fourth-order valence-corrected chi connectivity index (χ4v) is 8.75. The van der Waals surface area contributed by atoms with Gasteiger partial charge in [-0.2, -0.15) is 0 Å². The number of fused-ring (bicyclic) bond motifs is 12. The maximum atomic E-state index is 6.43. The minimum absolute atomic E-state index is 0.871. The quantitative estimate of drug-likeness (QED) is 0.175. The first-order valence-electron chi connectivity index (χ1n) is 17.8. The third-order valence-electron chi connectivity index (χ3n) is 11.0. The SMILES string of the molecule is c1ccc(-c2ccc(N(c3ccc4c(c3)oc3ccccc34)c3ccc4c(c3)n3c5ccccc5c5ccc6c7ccccc7n4c6c53)cc2)cc1. The van der Waals surface area contributed by atoms with E-state index >= 15 is 0 Å². The molecule has 0 radical (unpaired) electrons. The molecule has 0 aliphatic rings. The average molecular weight is 664 g/mol. The standard InChI is InChI=1S/C48H29N3O/c1-2-10-30(11-3-1)31-18-20-32(21-19-31)49(34-22-24-38-37-14-6-9-17-45(37)52-46(38)29-34)33-23-27-43-44(28-33)51-42-16-8-5-13-36(42)40-26-25-39-35-12-4-7-15-41(35)50(43)47(39)48(40)51/h1-29H. The molecule has 0 unspecified atom stereocenters. The van der Waals surface area contributed by atoms with Crippen LogP contribution in [0.4, 0.5) is 17.1 Å². The van der Waals surface area contributed by atoms with E-state index in [9.17, 15) is 0 Å². The van der Waals surface area contributed by atoms with Crippen molar-refractivity contribution in [3.63, 3.8) is 0 Å². The Morgan fingerprint density at radius 3 is 1.58 bits per heavy atom. The number of hydrogen-bond acceptors (Lipinski definition) is 2. The molecule has 4 heterocycles. The van der Waals surface area contributed by atoms with Crippen LogP contribution in [0.5, 0.6) is 0 Å². The molecule has 242 valence electrons. The Labute approximate surface area is 297 Å². The Kier molecular flexibility index (Phi) is 5.47. The summed E-state index contributed by atoms with van der Waals surface area (Å²) in [6.45, 7) is 0. The Hall–Kier alpha value is -7.04. The summed E-state index contributed by atoms with van der Waals surface area (Å²) in [4.78, 5) is 2.36. The van der Waals surface area contributed by atoms with Gasteiger partial charge >= 0.3 is 0 Å². The molecule has 0 saturated carbocycles. The molecular weight excluding hydrogens is 635 g/mol. The van der Waals surface area contributed by atoms with Gasteiger partial charge in [0.2, 0.25) is 0 Å². The zero-order chi connectivity index (χ0) is 33.9. The van der Waals surface area contributed by atoms with Crippen molar-refractivity contribution in [3.05, 3.63) is 176 Å². The molecule has 4 heteroatoms. The minimum atomic E-state index is 0.871. The molecule has 0 spiro atoms. The zero-order valence-corrected chi connectivity index (χ0v) is 28.0. The fourth-order valence-electron chi connectivity index (χ4n) is 8.75. The van der Waals surface area contributed by atoms with Crippen LogP contribution in [-0.4, -0.2) is 8.80 Å². The first kappa shape index (κ1) is 27.7. The second-order valence-electron chi connectivity index (χ2n) is 13.8. The van der Waals surface area contributed by atoms with E-state index in [0.29, 0.717) is 0 Å². The summed E-state index contributed by atoms with van der Waals surface area (Å²) in [6, 6.07) is 63.5. The van der Waals surface area contributed by atoms with Gasteiger partial charge in [-0.05, 0) is 71.8 Å². The topological polar surface area (TPSA) is 25.2 Å². The van der Waals surface area contributed by atoms with Crippen LogP contribution in [-0.2, 0) is 0 Å². The summed E-state index contributed by atoms with van der Waals surface area (Å²) in [7, 11) is 0. The Balaban J connectivity index is 1.16. The predicted molar refractivity (Wildman–Crippen MR) is 217 cm³/mol. The van der Waals surface area contributed by atoms with Crippen molar-refractivity contribution >= 4 is 93.6 Å². The van der Waals surface area contributed by atoms with E-state index in [1.54, 1.807) is 0 Å². The second kappa shape index (κ2) is 10.3. The molecule has 0 fully saturated rings. The minimum Gasteiger partial charge on any atom is -0.456 e. The van der Waals surface area contributed by atoms with Crippen LogP contribution < -0.4 is 4.90 Å². The molecule has 4 nitrogen and oxygen atoms in total. The molecule has 52 heavy (non-hydrogen) atoms. The lowest BCUT2D eigenvalue weighted by Gasteiger charge is -2.26. The van der Waals surface area contributed by atoms with E-state index in [1.165, 1.54) is 60.3 Å². The van der Waals surface area contributed by atoms with Crippen LogP contribution in [0.1, 0.15) is 0 Å². The molecule has 0 atom stereocenters. The fraction of sp³-hybridized carbons (Fsp3) is 0. The third-order valence-corrected chi connectivity index (χ3v) is 11.0. The molecule has 0 amide bonds. The first-order valence-corrected chi connectivity index (χ1v) is 17.8. The van der Waals surface area contributed by atoms with E-state index in [0.717, 1.165) is 44.5 Å². The lowest BCUT2D eigenvalue weighted by molar-refractivity contribution is 0.669. The Morgan fingerprint density at radius 1 is 0.327 bits per heavy atom. The molecule has 0 aliphatic carbocycles. The highest BCUT2D eigenvalue weighted by atomic mass is 16.3. The van der Waals surface area contributed by atoms with Gasteiger partial charge in [0.15, 0.2) is 0 Å². The maximum absolute atomic E-state index is 6.43. The molecule has 0 aliphatic heterocycles. The van der Waals surface area contributed by atoms with Crippen LogP contribution in [0, 0.1) is 0 Å². The van der Waals surface area contributed by atoms with Gasteiger partial charge in [-0.3, -0.25) is 0 Å². The number of nitrogens with zero attached hydrogens (tertiary/aromatic N) is 3. The van der Waals surface area contributed by atoms with Crippen molar-refractivity contribution in [2.45, 2.75) is 0 Å². The molecule has 8 aromatic carbocycles. The molecule has 0 bridgehead atoms.